The number of aromatic nitrogens is 2. The fourth-order valence-corrected chi connectivity index (χ4v) is 3.02. The Kier molecular flexibility index (Phi) is 6.65. The summed E-state index contributed by atoms with van der Waals surface area (Å²) in [5.41, 5.74) is 1.74. The lowest BCUT2D eigenvalue weighted by Crippen LogP contribution is -2.25. The minimum atomic E-state index is -0.264. The van der Waals surface area contributed by atoms with Gasteiger partial charge < -0.3 is 14.5 Å². The molecule has 3 aromatic rings. The predicted molar refractivity (Wildman–Crippen MR) is 108 cm³/mol. The van der Waals surface area contributed by atoms with E-state index >= 15 is 0 Å². The summed E-state index contributed by atoms with van der Waals surface area (Å²) < 4.78 is 13.0. The summed E-state index contributed by atoms with van der Waals surface area (Å²) in [7, 11) is 0. The first-order valence-corrected chi connectivity index (χ1v) is 9.64. The van der Waals surface area contributed by atoms with E-state index in [-0.39, 0.29) is 18.3 Å². The molecule has 0 saturated carbocycles. The number of aryl methyl sites for hydroxylation is 2. The van der Waals surface area contributed by atoms with Crippen LogP contribution in [0.15, 0.2) is 40.8 Å². The van der Waals surface area contributed by atoms with E-state index in [1.807, 2.05) is 18.5 Å². The van der Waals surface area contributed by atoms with Crippen LogP contribution in [0.1, 0.15) is 34.1 Å². The number of carbonyl (C=O) groups is 1. The second-order valence-corrected chi connectivity index (χ2v) is 7.14. The van der Waals surface area contributed by atoms with Gasteiger partial charge in [-0.2, -0.15) is 5.10 Å². The fraction of sp³-hybridized carbons (Fsp3) is 0.300. The first-order chi connectivity index (χ1) is 13.4. The second kappa shape index (κ2) is 9.17. The number of halogens is 2. The van der Waals surface area contributed by atoms with Gasteiger partial charge >= 0.3 is 0 Å². The molecule has 0 spiro atoms. The van der Waals surface area contributed by atoms with Crippen LogP contribution in [0, 0.1) is 13.8 Å². The topological polar surface area (TPSA) is 69.3 Å². The number of hydrogen-bond donors (Lipinski definition) is 1. The van der Waals surface area contributed by atoms with Crippen molar-refractivity contribution in [1.82, 2.24) is 15.1 Å². The second-order valence-electron chi connectivity index (χ2n) is 6.33. The average molecular weight is 422 g/mol. The Hall–Kier alpha value is -2.44. The van der Waals surface area contributed by atoms with E-state index < -0.39 is 0 Å². The average Bonchev–Trinajstić information content (AvgIpc) is 3.24. The first kappa shape index (κ1) is 20.3. The number of hydrogen-bond acceptors (Lipinski definition) is 4. The van der Waals surface area contributed by atoms with Gasteiger partial charge in [0.25, 0.3) is 5.91 Å². The number of furan rings is 1. The van der Waals surface area contributed by atoms with Gasteiger partial charge in [-0.25, -0.2) is 0 Å². The van der Waals surface area contributed by atoms with Crippen molar-refractivity contribution in [3.05, 3.63) is 69.4 Å². The molecule has 6 nitrogen and oxygen atoms in total. The molecule has 0 fully saturated rings. The molecule has 3 rings (SSSR count). The third-order valence-corrected chi connectivity index (χ3v) is 4.97. The molecular formula is C20H21Cl2N3O3. The quantitative estimate of drug-likeness (QED) is 0.530. The van der Waals surface area contributed by atoms with E-state index in [1.165, 1.54) is 0 Å². The number of nitrogens with zero attached hydrogens (tertiary/aromatic N) is 2. The Labute approximate surface area is 173 Å². The van der Waals surface area contributed by atoms with Crippen molar-refractivity contribution >= 4 is 29.1 Å². The van der Waals surface area contributed by atoms with E-state index in [9.17, 15) is 4.79 Å². The van der Waals surface area contributed by atoms with E-state index in [1.54, 1.807) is 36.4 Å². The minimum Gasteiger partial charge on any atom is -0.486 e. The maximum absolute atomic E-state index is 12.2. The zero-order valence-electron chi connectivity index (χ0n) is 15.7. The van der Waals surface area contributed by atoms with Crippen LogP contribution in [0.3, 0.4) is 0 Å². The van der Waals surface area contributed by atoms with Crippen molar-refractivity contribution < 1.29 is 13.9 Å². The van der Waals surface area contributed by atoms with Gasteiger partial charge in [-0.1, -0.05) is 29.3 Å². The third kappa shape index (κ3) is 5.09. The van der Waals surface area contributed by atoms with Crippen LogP contribution in [0.5, 0.6) is 5.75 Å². The van der Waals surface area contributed by atoms with Gasteiger partial charge in [0.15, 0.2) is 5.76 Å². The lowest BCUT2D eigenvalue weighted by atomic mass is 10.3. The Morgan fingerprint density at radius 2 is 2.07 bits per heavy atom. The molecule has 0 saturated heterocycles. The van der Waals surface area contributed by atoms with Gasteiger partial charge in [-0.15, -0.1) is 0 Å². The highest BCUT2D eigenvalue weighted by Crippen LogP contribution is 2.20. The lowest BCUT2D eigenvalue weighted by Gasteiger charge is -2.06. The van der Waals surface area contributed by atoms with Crippen LogP contribution in [-0.4, -0.2) is 22.2 Å². The van der Waals surface area contributed by atoms with Gasteiger partial charge in [0.1, 0.15) is 18.1 Å². The Morgan fingerprint density at radius 3 is 2.79 bits per heavy atom. The molecule has 0 radical (unpaired) electrons. The van der Waals surface area contributed by atoms with Crippen LogP contribution < -0.4 is 10.1 Å². The molecule has 2 heterocycles. The number of benzene rings is 1. The normalized spacial score (nSPS) is 10.9. The summed E-state index contributed by atoms with van der Waals surface area (Å²) in [5, 5.41) is 8.49. The van der Waals surface area contributed by atoms with Crippen molar-refractivity contribution in [3.63, 3.8) is 0 Å². The highest BCUT2D eigenvalue weighted by Gasteiger charge is 2.12. The third-order valence-electron chi connectivity index (χ3n) is 4.19. The van der Waals surface area contributed by atoms with Gasteiger partial charge in [0.05, 0.1) is 16.4 Å². The molecule has 1 N–H and O–H groups in total. The number of carbonyl (C=O) groups excluding carboxylic acids is 1. The maximum Gasteiger partial charge on any atom is 0.286 e. The zero-order valence-corrected chi connectivity index (χ0v) is 17.2. The summed E-state index contributed by atoms with van der Waals surface area (Å²) in [6.07, 6.45) is 0.732. The number of rotatable bonds is 8. The molecule has 8 heteroatoms. The number of ether oxygens (including phenoxy) is 1. The van der Waals surface area contributed by atoms with Crippen LogP contribution in [0.25, 0.3) is 0 Å². The molecule has 0 atom stereocenters. The number of nitrogens with one attached hydrogen (secondary N) is 1. The Bertz CT molecular complexity index is 966. The van der Waals surface area contributed by atoms with E-state index in [0.717, 1.165) is 17.8 Å². The van der Waals surface area contributed by atoms with Crippen molar-refractivity contribution in [2.24, 2.45) is 0 Å². The fourth-order valence-electron chi connectivity index (χ4n) is 2.70. The molecule has 1 amide bonds. The van der Waals surface area contributed by atoms with E-state index in [2.05, 4.69) is 10.4 Å². The van der Waals surface area contributed by atoms with Crippen molar-refractivity contribution in [2.45, 2.75) is 33.4 Å². The SMILES string of the molecule is Cc1nn(CCCNC(=O)c2ccc(COc3cccc(Cl)c3)o2)c(C)c1Cl. The molecule has 0 aliphatic rings. The van der Waals surface area contributed by atoms with Gasteiger partial charge in [-0.05, 0) is 50.6 Å². The summed E-state index contributed by atoms with van der Waals surface area (Å²) in [4.78, 5) is 12.2. The van der Waals surface area contributed by atoms with E-state index in [4.69, 9.17) is 32.4 Å². The molecule has 0 aliphatic carbocycles. The Balaban J connectivity index is 1.44. The zero-order chi connectivity index (χ0) is 20.1. The Morgan fingerprint density at radius 1 is 1.25 bits per heavy atom. The van der Waals surface area contributed by atoms with Crippen molar-refractivity contribution in [2.75, 3.05) is 6.54 Å². The summed E-state index contributed by atoms with van der Waals surface area (Å²) in [5.74, 6) is 1.18. The highest BCUT2D eigenvalue weighted by atomic mass is 35.5. The molecule has 1 aromatic carbocycles. The van der Waals surface area contributed by atoms with Gasteiger partial charge in [-0.3, -0.25) is 9.48 Å². The molecule has 0 unspecified atom stereocenters. The van der Waals surface area contributed by atoms with Crippen LogP contribution >= 0.6 is 23.2 Å². The van der Waals surface area contributed by atoms with Crippen molar-refractivity contribution in [1.29, 1.82) is 0 Å². The summed E-state index contributed by atoms with van der Waals surface area (Å²) in [6.45, 7) is 5.20. The smallest absolute Gasteiger partial charge is 0.286 e. The maximum atomic E-state index is 12.2. The summed E-state index contributed by atoms with van der Waals surface area (Å²) in [6, 6.07) is 10.4. The van der Waals surface area contributed by atoms with Gasteiger partial charge in [0.2, 0.25) is 0 Å². The number of amides is 1. The molecule has 28 heavy (non-hydrogen) atoms. The molecule has 148 valence electrons. The van der Waals surface area contributed by atoms with Crippen LogP contribution in [-0.2, 0) is 13.2 Å². The van der Waals surface area contributed by atoms with Crippen molar-refractivity contribution in [3.8, 4) is 5.75 Å². The first-order valence-electron chi connectivity index (χ1n) is 8.89. The van der Waals surface area contributed by atoms with Crippen LogP contribution in [0.2, 0.25) is 10.0 Å². The monoisotopic (exact) mass is 421 g/mol. The molecule has 0 bridgehead atoms. The van der Waals surface area contributed by atoms with E-state index in [0.29, 0.717) is 34.6 Å². The minimum absolute atomic E-state index is 0.215. The lowest BCUT2D eigenvalue weighted by molar-refractivity contribution is 0.0921. The van der Waals surface area contributed by atoms with Crippen LogP contribution in [0.4, 0.5) is 0 Å². The molecular weight excluding hydrogens is 401 g/mol. The van der Waals surface area contributed by atoms with Gasteiger partial charge in [0, 0.05) is 18.1 Å². The predicted octanol–water partition coefficient (Wildman–Crippen LogP) is 4.80. The standard InChI is InChI=1S/C20H21Cl2N3O3/c1-13-19(22)14(2)25(24-13)10-4-9-23-20(26)18-8-7-17(28-18)12-27-16-6-3-5-15(21)11-16/h3,5-8,11H,4,9-10,12H2,1-2H3,(H,23,26). The largest absolute Gasteiger partial charge is 0.486 e. The molecule has 0 aliphatic heterocycles. The molecule has 2 aromatic heterocycles. The summed E-state index contributed by atoms with van der Waals surface area (Å²) >= 11 is 12.1. The highest BCUT2D eigenvalue weighted by molar-refractivity contribution is 6.31.